The van der Waals surface area contributed by atoms with Gasteiger partial charge in [-0.2, -0.15) is 0 Å². The SMILES string of the molecule is COc1ccc(NC(=O)CCNS(=O)(=O)c2cc(N(C)S(C)(=O)=O)c(C)cc2C)cc1. The molecule has 0 heterocycles. The zero-order valence-corrected chi connectivity index (χ0v) is 19.7. The van der Waals surface area contributed by atoms with Crippen molar-refractivity contribution in [3.8, 4) is 5.75 Å². The van der Waals surface area contributed by atoms with Crippen LogP contribution < -0.4 is 19.1 Å². The molecule has 2 rings (SSSR count). The Bertz CT molecular complexity index is 1160. The highest BCUT2D eigenvalue weighted by atomic mass is 32.2. The molecule has 0 aliphatic carbocycles. The topological polar surface area (TPSA) is 122 Å². The molecule has 0 fully saturated rings. The van der Waals surface area contributed by atoms with E-state index in [2.05, 4.69) is 10.0 Å². The van der Waals surface area contributed by atoms with Gasteiger partial charge < -0.3 is 10.1 Å². The molecule has 11 heteroatoms. The summed E-state index contributed by atoms with van der Waals surface area (Å²) in [4.78, 5) is 12.1. The molecule has 31 heavy (non-hydrogen) atoms. The van der Waals surface area contributed by atoms with Crippen LogP contribution >= 0.6 is 0 Å². The lowest BCUT2D eigenvalue weighted by Crippen LogP contribution is -2.29. The van der Waals surface area contributed by atoms with E-state index in [1.54, 1.807) is 44.2 Å². The molecule has 2 N–H and O–H groups in total. The summed E-state index contributed by atoms with van der Waals surface area (Å²) in [6, 6.07) is 9.69. The van der Waals surface area contributed by atoms with Crippen molar-refractivity contribution in [1.29, 1.82) is 0 Å². The Morgan fingerprint density at radius 3 is 2.19 bits per heavy atom. The lowest BCUT2D eigenvalue weighted by molar-refractivity contribution is -0.116. The third-order valence-corrected chi connectivity index (χ3v) is 7.43. The Labute approximate surface area is 183 Å². The highest BCUT2D eigenvalue weighted by Gasteiger charge is 2.22. The van der Waals surface area contributed by atoms with E-state index in [1.807, 2.05) is 0 Å². The van der Waals surface area contributed by atoms with Crippen molar-refractivity contribution in [2.75, 3.05) is 36.6 Å². The largest absolute Gasteiger partial charge is 0.497 e. The number of hydrogen-bond acceptors (Lipinski definition) is 6. The van der Waals surface area contributed by atoms with E-state index >= 15 is 0 Å². The Kier molecular flexibility index (Phi) is 7.68. The molecular formula is C20H27N3O6S2. The molecule has 0 bridgehead atoms. The molecule has 0 atom stereocenters. The number of nitrogens with one attached hydrogen (secondary N) is 2. The van der Waals surface area contributed by atoms with Crippen LogP contribution in [0.25, 0.3) is 0 Å². The zero-order chi connectivity index (χ0) is 23.4. The van der Waals surface area contributed by atoms with Crippen LogP contribution in [0.3, 0.4) is 0 Å². The van der Waals surface area contributed by atoms with Gasteiger partial charge in [-0.3, -0.25) is 9.10 Å². The van der Waals surface area contributed by atoms with Gasteiger partial charge in [0.1, 0.15) is 5.75 Å². The Morgan fingerprint density at radius 1 is 1.03 bits per heavy atom. The zero-order valence-electron chi connectivity index (χ0n) is 18.1. The number of methoxy groups -OCH3 is 1. The van der Waals surface area contributed by atoms with E-state index in [0.29, 0.717) is 22.6 Å². The molecule has 0 aliphatic heterocycles. The minimum absolute atomic E-state index is 0.0424. The molecule has 9 nitrogen and oxygen atoms in total. The van der Waals surface area contributed by atoms with Gasteiger partial charge in [-0.05, 0) is 55.3 Å². The van der Waals surface area contributed by atoms with Gasteiger partial charge in [0.2, 0.25) is 26.0 Å². The van der Waals surface area contributed by atoms with Gasteiger partial charge in [-0.1, -0.05) is 6.07 Å². The molecule has 0 spiro atoms. The fourth-order valence-electron chi connectivity index (χ4n) is 2.90. The van der Waals surface area contributed by atoms with E-state index in [9.17, 15) is 21.6 Å². The number of sulfonamides is 2. The molecule has 1 amide bonds. The summed E-state index contributed by atoms with van der Waals surface area (Å²) >= 11 is 0. The predicted molar refractivity (Wildman–Crippen MR) is 121 cm³/mol. The molecule has 0 aliphatic rings. The predicted octanol–water partition coefficient (Wildman–Crippen LogP) is 2.01. The summed E-state index contributed by atoms with van der Waals surface area (Å²) in [6.45, 7) is 3.22. The number of amides is 1. The van der Waals surface area contributed by atoms with Crippen LogP contribution in [0, 0.1) is 13.8 Å². The smallest absolute Gasteiger partial charge is 0.240 e. The van der Waals surface area contributed by atoms with Crippen molar-refractivity contribution < 1.29 is 26.4 Å². The molecule has 0 saturated heterocycles. The molecule has 0 radical (unpaired) electrons. The molecule has 0 saturated carbocycles. The molecule has 0 aromatic heterocycles. The van der Waals surface area contributed by atoms with E-state index in [0.717, 1.165) is 10.6 Å². The molecule has 2 aromatic carbocycles. The Morgan fingerprint density at radius 2 is 1.65 bits per heavy atom. The van der Waals surface area contributed by atoms with Crippen molar-refractivity contribution in [3.63, 3.8) is 0 Å². The van der Waals surface area contributed by atoms with Crippen LogP contribution in [0.15, 0.2) is 41.3 Å². The number of benzene rings is 2. The first-order valence-corrected chi connectivity index (χ1v) is 12.7. The minimum Gasteiger partial charge on any atom is -0.497 e. The maximum Gasteiger partial charge on any atom is 0.240 e. The van der Waals surface area contributed by atoms with Gasteiger partial charge in [0.15, 0.2) is 0 Å². The average Bonchev–Trinajstić information content (AvgIpc) is 2.67. The van der Waals surface area contributed by atoms with Crippen LogP contribution in [0.2, 0.25) is 0 Å². The van der Waals surface area contributed by atoms with Crippen molar-refractivity contribution in [2.45, 2.75) is 25.2 Å². The lowest BCUT2D eigenvalue weighted by Gasteiger charge is -2.21. The van der Waals surface area contributed by atoms with Crippen molar-refractivity contribution in [2.24, 2.45) is 0 Å². The van der Waals surface area contributed by atoms with Gasteiger partial charge >= 0.3 is 0 Å². The van der Waals surface area contributed by atoms with Crippen LogP contribution in [-0.4, -0.2) is 49.7 Å². The average molecular weight is 470 g/mol. The summed E-state index contributed by atoms with van der Waals surface area (Å²) in [7, 11) is -4.61. The first kappa shape index (κ1) is 24.6. The van der Waals surface area contributed by atoms with E-state index in [-0.39, 0.29) is 29.5 Å². The van der Waals surface area contributed by atoms with Gasteiger partial charge in [-0.25, -0.2) is 21.6 Å². The standard InChI is InChI=1S/C20H27N3O6S2/c1-14-12-15(2)19(13-18(14)23(3)30(5,25)26)31(27,28)21-11-10-20(24)22-16-6-8-17(29-4)9-7-16/h6-9,12-13,21H,10-11H2,1-5H3,(H,22,24). The van der Waals surface area contributed by atoms with Crippen molar-refractivity contribution >= 4 is 37.3 Å². The minimum atomic E-state index is -3.95. The van der Waals surface area contributed by atoms with E-state index < -0.39 is 20.0 Å². The van der Waals surface area contributed by atoms with E-state index in [4.69, 9.17) is 4.74 Å². The fourth-order valence-corrected chi connectivity index (χ4v) is 4.73. The van der Waals surface area contributed by atoms with Crippen molar-refractivity contribution in [1.82, 2.24) is 4.72 Å². The van der Waals surface area contributed by atoms with Crippen molar-refractivity contribution in [3.05, 3.63) is 47.5 Å². The summed E-state index contributed by atoms with van der Waals surface area (Å²) in [5, 5.41) is 2.68. The van der Waals surface area contributed by atoms with Crippen LogP contribution in [0.4, 0.5) is 11.4 Å². The quantitative estimate of drug-likeness (QED) is 0.579. The van der Waals surface area contributed by atoms with Crippen LogP contribution in [-0.2, 0) is 24.8 Å². The fraction of sp³-hybridized carbons (Fsp3) is 0.350. The maximum atomic E-state index is 12.8. The lowest BCUT2D eigenvalue weighted by atomic mass is 10.1. The number of carbonyl (C=O) groups excluding carboxylic acids is 1. The third kappa shape index (κ3) is 6.42. The first-order valence-electron chi connectivity index (χ1n) is 9.34. The van der Waals surface area contributed by atoms with Crippen LogP contribution in [0.5, 0.6) is 5.75 Å². The molecule has 2 aromatic rings. The summed E-state index contributed by atoms with van der Waals surface area (Å²) in [6.07, 6.45) is 0.965. The normalized spacial score (nSPS) is 11.8. The highest BCUT2D eigenvalue weighted by molar-refractivity contribution is 7.92. The Hall–Kier alpha value is -2.63. The molecule has 170 valence electrons. The number of carbonyl (C=O) groups is 1. The second-order valence-electron chi connectivity index (χ2n) is 7.06. The third-order valence-electron chi connectivity index (χ3n) is 4.64. The number of ether oxygens (including phenoxy) is 1. The van der Waals surface area contributed by atoms with Gasteiger partial charge in [0.25, 0.3) is 0 Å². The first-order chi connectivity index (χ1) is 14.3. The second-order valence-corrected chi connectivity index (χ2v) is 10.8. The number of anilines is 2. The van der Waals surface area contributed by atoms with Gasteiger partial charge in [0.05, 0.1) is 23.9 Å². The monoisotopic (exact) mass is 469 g/mol. The molecular weight excluding hydrogens is 442 g/mol. The molecule has 0 unspecified atom stereocenters. The second kappa shape index (κ2) is 9.67. The summed E-state index contributed by atoms with van der Waals surface area (Å²) in [5.41, 5.74) is 1.93. The number of hydrogen-bond donors (Lipinski definition) is 2. The van der Waals surface area contributed by atoms with Gasteiger partial charge in [-0.15, -0.1) is 0 Å². The maximum absolute atomic E-state index is 12.8. The highest BCUT2D eigenvalue weighted by Crippen LogP contribution is 2.28. The number of nitrogens with zero attached hydrogens (tertiary/aromatic N) is 1. The summed E-state index contributed by atoms with van der Waals surface area (Å²) in [5.74, 6) is 0.297. The number of rotatable bonds is 9. The van der Waals surface area contributed by atoms with E-state index in [1.165, 1.54) is 20.2 Å². The van der Waals surface area contributed by atoms with Gasteiger partial charge in [0, 0.05) is 25.7 Å². The number of aryl methyl sites for hydroxylation is 2. The van der Waals surface area contributed by atoms with Crippen LogP contribution in [0.1, 0.15) is 17.5 Å². The Balaban J connectivity index is 2.09. The summed E-state index contributed by atoms with van der Waals surface area (Å²) < 4.78 is 57.8.